The summed E-state index contributed by atoms with van der Waals surface area (Å²) >= 11 is 12.0. The van der Waals surface area contributed by atoms with Crippen molar-refractivity contribution in [3.8, 4) is 0 Å². The standard InChI is InChI=1S/C17H15Cl2N3O2S/c18-15-7-6-14(16(19)10-15)11-22-9-8-17(20-22)21-25(23,24)12-13-4-2-1-3-5-13/h1-10H,11-12H2,(H,20,21). The number of nitrogens with zero attached hydrogens (tertiary/aromatic N) is 2. The fourth-order valence-corrected chi connectivity index (χ4v) is 3.92. The van der Waals surface area contributed by atoms with Crippen LogP contribution in [0, 0.1) is 0 Å². The summed E-state index contributed by atoms with van der Waals surface area (Å²) in [6, 6.07) is 15.8. The van der Waals surface area contributed by atoms with E-state index in [0.717, 1.165) is 5.56 Å². The van der Waals surface area contributed by atoms with E-state index in [2.05, 4.69) is 9.82 Å². The van der Waals surface area contributed by atoms with E-state index < -0.39 is 10.0 Å². The molecule has 0 aliphatic carbocycles. The van der Waals surface area contributed by atoms with E-state index in [9.17, 15) is 8.42 Å². The Morgan fingerprint density at radius 3 is 2.52 bits per heavy atom. The first-order valence-electron chi connectivity index (χ1n) is 7.43. The third kappa shape index (κ3) is 4.98. The van der Waals surface area contributed by atoms with Crippen molar-refractivity contribution in [2.24, 2.45) is 0 Å². The Bertz CT molecular complexity index is 973. The molecule has 3 rings (SSSR count). The number of nitrogens with one attached hydrogen (secondary N) is 1. The summed E-state index contributed by atoms with van der Waals surface area (Å²) in [6.07, 6.45) is 1.69. The lowest BCUT2D eigenvalue weighted by molar-refractivity contribution is 0.600. The van der Waals surface area contributed by atoms with Gasteiger partial charge in [0.2, 0.25) is 10.0 Å². The number of anilines is 1. The molecular formula is C17H15Cl2N3O2S. The summed E-state index contributed by atoms with van der Waals surface area (Å²) in [5.74, 6) is 0.157. The third-order valence-electron chi connectivity index (χ3n) is 3.45. The maximum atomic E-state index is 12.2. The average Bonchev–Trinajstić information content (AvgIpc) is 2.97. The van der Waals surface area contributed by atoms with E-state index in [0.29, 0.717) is 22.2 Å². The van der Waals surface area contributed by atoms with Gasteiger partial charge in [-0.25, -0.2) is 8.42 Å². The second kappa shape index (κ2) is 7.47. The largest absolute Gasteiger partial charge is 0.266 e. The minimum Gasteiger partial charge on any atom is -0.266 e. The highest BCUT2D eigenvalue weighted by atomic mass is 35.5. The van der Waals surface area contributed by atoms with Crippen molar-refractivity contribution in [3.05, 3.63) is 82.0 Å². The van der Waals surface area contributed by atoms with E-state index in [-0.39, 0.29) is 11.6 Å². The SMILES string of the molecule is O=S(=O)(Cc1ccccc1)Nc1ccn(Cc2ccc(Cl)cc2Cl)n1. The molecule has 5 nitrogen and oxygen atoms in total. The monoisotopic (exact) mass is 395 g/mol. The van der Waals surface area contributed by atoms with Gasteiger partial charge in [-0.1, -0.05) is 59.6 Å². The van der Waals surface area contributed by atoms with Crippen molar-refractivity contribution in [2.75, 3.05) is 4.72 Å². The maximum absolute atomic E-state index is 12.2. The van der Waals surface area contributed by atoms with Crippen LogP contribution >= 0.6 is 23.2 Å². The van der Waals surface area contributed by atoms with Gasteiger partial charge in [0.05, 0.1) is 12.3 Å². The Morgan fingerprint density at radius 1 is 1.04 bits per heavy atom. The van der Waals surface area contributed by atoms with Crippen LogP contribution in [0.3, 0.4) is 0 Å². The summed E-state index contributed by atoms with van der Waals surface area (Å²) in [5, 5.41) is 5.33. The first kappa shape index (κ1) is 17.8. The van der Waals surface area contributed by atoms with Gasteiger partial charge < -0.3 is 0 Å². The maximum Gasteiger partial charge on any atom is 0.238 e. The highest BCUT2D eigenvalue weighted by molar-refractivity contribution is 7.91. The van der Waals surface area contributed by atoms with Crippen LogP contribution in [0.25, 0.3) is 0 Å². The van der Waals surface area contributed by atoms with Crippen LogP contribution in [0.5, 0.6) is 0 Å². The Kier molecular flexibility index (Phi) is 5.32. The second-order valence-electron chi connectivity index (χ2n) is 5.48. The van der Waals surface area contributed by atoms with E-state index >= 15 is 0 Å². The summed E-state index contributed by atoms with van der Waals surface area (Å²) in [5.41, 5.74) is 1.55. The quantitative estimate of drug-likeness (QED) is 0.680. The van der Waals surface area contributed by atoms with E-state index in [1.807, 2.05) is 12.1 Å². The normalized spacial score (nSPS) is 11.4. The van der Waals surface area contributed by atoms with Gasteiger partial charge in [0.1, 0.15) is 0 Å². The molecule has 1 heterocycles. The Balaban J connectivity index is 1.69. The van der Waals surface area contributed by atoms with Gasteiger partial charge in [-0.2, -0.15) is 5.10 Å². The van der Waals surface area contributed by atoms with Crippen molar-refractivity contribution in [1.29, 1.82) is 0 Å². The lowest BCUT2D eigenvalue weighted by Crippen LogP contribution is -2.15. The van der Waals surface area contributed by atoms with Crippen LogP contribution < -0.4 is 4.72 Å². The smallest absolute Gasteiger partial charge is 0.238 e. The number of hydrogen-bond acceptors (Lipinski definition) is 3. The highest BCUT2D eigenvalue weighted by Gasteiger charge is 2.13. The minimum atomic E-state index is -3.53. The molecule has 0 saturated heterocycles. The first-order chi connectivity index (χ1) is 11.9. The van der Waals surface area contributed by atoms with Crippen molar-refractivity contribution in [2.45, 2.75) is 12.3 Å². The summed E-state index contributed by atoms with van der Waals surface area (Å²) in [4.78, 5) is 0. The van der Waals surface area contributed by atoms with E-state index in [1.165, 1.54) is 0 Å². The Hall–Kier alpha value is -2.02. The van der Waals surface area contributed by atoms with Gasteiger partial charge in [0, 0.05) is 22.3 Å². The van der Waals surface area contributed by atoms with Gasteiger partial charge >= 0.3 is 0 Å². The fraction of sp³-hybridized carbons (Fsp3) is 0.118. The molecule has 25 heavy (non-hydrogen) atoms. The molecule has 3 aromatic rings. The Morgan fingerprint density at radius 2 is 1.80 bits per heavy atom. The third-order valence-corrected chi connectivity index (χ3v) is 5.27. The van der Waals surface area contributed by atoms with Crippen molar-refractivity contribution in [1.82, 2.24) is 9.78 Å². The molecular weight excluding hydrogens is 381 g/mol. The summed E-state index contributed by atoms with van der Waals surface area (Å²) < 4.78 is 28.6. The van der Waals surface area contributed by atoms with E-state index in [4.69, 9.17) is 23.2 Å². The molecule has 0 spiro atoms. The van der Waals surface area contributed by atoms with Crippen LogP contribution in [-0.4, -0.2) is 18.2 Å². The van der Waals surface area contributed by atoms with Gasteiger partial charge in [-0.15, -0.1) is 0 Å². The molecule has 1 aromatic heterocycles. The number of rotatable bonds is 6. The summed E-state index contributed by atoms with van der Waals surface area (Å²) in [7, 11) is -3.53. The van der Waals surface area contributed by atoms with Crippen molar-refractivity contribution in [3.63, 3.8) is 0 Å². The molecule has 0 atom stereocenters. The van der Waals surface area contributed by atoms with Crippen LogP contribution in [0.15, 0.2) is 60.8 Å². The number of hydrogen-bond donors (Lipinski definition) is 1. The lowest BCUT2D eigenvalue weighted by Gasteiger charge is -2.06. The van der Waals surface area contributed by atoms with Gasteiger partial charge in [0.25, 0.3) is 0 Å². The van der Waals surface area contributed by atoms with Gasteiger partial charge in [0.15, 0.2) is 5.82 Å². The fourth-order valence-electron chi connectivity index (χ4n) is 2.32. The van der Waals surface area contributed by atoms with Crippen molar-refractivity contribution >= 4 is 39.0 Å². The second-order valence-corrected chi connectivity index (χ2v) is 8.05. The molecule has 2 aromatic carbocycles. The van der Waals surface area contributed by atoms with Gasteiger partial charge in [-0.05, 0) is 23.3 Å². The van der Waals surface area contributed by atoms with Crippen LogP contribution in [0.2, 0.25) is 10.0 Å². The Labute approximate surface area is 156 Å². The lowest BCUT2D eigenvalue weighted by atomic mass is 10.2. The molecule has 0 amide bonds. The predicted octanol–water partition coefficient (Wildman–Crippen LogP) is 4.18. The van der Waals surface area contributed by atoms with Gasteiger partial charge in [-0.3, -0.25) is 9.40 Å². The molecule has 1 N–H and O–H groups in total. The topological polar surface area (TPSA) is 64.0 Å². The average molecular weight is 396 g/mol. The number of halogens is 2. The molecule has 0 bridgehead atoms. The van der Waals surface area contributed by atoms with E-state index in [1.54, 1.807) is 53.3 Å². The number of sulfonamides is 1. The first-order valence-corrected chi connectivity index (χ1v) is 9.84. The minimum absolute atomic E-state index is 0.107. The molecule has 0 aliphatic rings. The van der Waals surface area contributed by atoms with Crippen molar-refractivity contribution < 1.29 is 8.42 Å². The van der Waals surface area contributed by atoms with Crippen LogP contribution in [0.4, 0.5) is 5.82 Å². The molecule has 130 valence electrons. The molecule has 0 saturated carbocycles. The number of aromatic nitrogens is 2. The summed E-state index contributed by atoms with van der Waals surface area (Å²) in [6.45, 7) is 0.413. The zero-order valence-corrected chi connectivity index (χ0v) is 15.4. The molecule has 0 aliphatic heterocycles. The predicted molar refractivity (Wildman–Crippen MR) is 100 cm³/mol. The van der Waals surface area contributed by atoms with Crippen LogP contribution in [-0.2, 0) is 22.3 Å². The van der Waals surface area contributed by atoms with Crippen LogP contribution in [0.1, 0.15) is 11.1 Å². The zero-order chi connectivity index (χ0) is 17.9. The molecule has 0 fully saturated rings. The number of benzene rings is 2. The zero-order valence-electron chi connectivity index (χ0n) is 13.1. The highest BCUT2D eigenvalue weighted by Crippen LogP contribution is 2.22. The molecule has 8 heteroatoms. The molecule has 0 radical (unpaired) electrons. The molecule has 0 unspecified atom stereocenters.